The van der Waals surface area contributed by atoms with E-state index in [2.05, 4.69) is 5.32 Å². The van der Waals surface area contributed by atoms with Gasteiger partial charge in [-0.25, -0.2) is 4.79 Å². The third kappa shape index (κ3) is 9.95. The van der Waals surface area contributed by atoms with Crippen LogP contribution >= 0.6 is 0 Å². The van der Waals surface area contributed by atoms with Crippen LogP contribution in [-0.2, 0) is 44.8 Å². The summed E-state index contributed by atoms with van der Waals surface area (Å²) in [6.07, 6.45) is -6.77. The quantitative estimate of drug-likeness (QED) is 0.0871. The Morgan fingerprint density at radius 1 is 0.978 bits per heavy atom. The Hall–Kier alpha value is -4.09. The molecule has 1 aromatic carbocycles. The van der Waals surface area contributed by atoms with E-state index in [0.717, 1.165) is 17.1 Å². The van der Waals surface area contributed by atoms with Crippen molar-refractivity contribution in [1.29, 1.82) is 0 Å². The number of aliphatic carboxylic acids is 1. The summed E-state index contributed by atoms with van der Waals surface area (Å²) in [5, 5.41) is 42.1. The van der Waals surface area contributed by atoms with Crippen LogP contribution in [0.5, 0.6) is 11.5 Å². The first-order chi connectivity index (χ1) is 21.2. The number of nitrogens with zero attached hydrogens (tertiary/aromatic N) is 1. The van der Waals surface area contributed by atoms with Crippen molar-refractivity contribution in [2.75, 3.05) is 32.9 Å². The molecule has 248 valence electrons. The number of rotatable bonds is 15. The molecule has 1 aromatic rings. The summed E-state index contributed by atoms with van der Waals surface area (Å²) in [7, 11) is 0. The van der Waals surface area contributed by atoms with Gasteiger partial charge in [-0.2, -0.15) is 0 Å². The van der Waals surface area contributed by atoms with Crippen LogP contribution in [0.4, 0.5) is 0 Å². The van der Waals surface area contributed by atoms with Gasteiger partial charge in [0.2, 0.25) is 12.2 Å². The van der Waals surface area contributed by atoms with Crippen molar-refractivity contribution in [3.63, 3.8) is 0 Å². The number of imide groups is 1. The summed E-state index contributed by atoms with van der Waals surface area (Å²) in [5.74, 6) is -3.06. The monoisotopic (exact) mass is 638 g/mol. The molecule has 0 bridgehead atoms. The fourth-order valence-electron chi connectivity index (χ4n) is 4.03. The first-order valence-corrected chi connectivity index (χ1v) is 14.1. The average Bonchev–Trinajstić information content (AvgIpc) is 3.30. The summed E-state index contributed by atoms with van der Waals surface area (Å²) in [4.78, 5) is 59.7. The van der Waals surface area contributed by atoms with Crippen molar-refractivity contribution >= 4 is 29.7 Å². The Morgan fingerprint density at radius 2 is 1.67 bits per heavy atom. The number of carboxylic acid groups (broad SMARTS) is 1. The van der Waals surface area contributed by atoms with Crippen molar-refractivity contribution in [3.8, 4) is 11.5 Å². The second-order valence-corrected chi connectivity index (χ2v) is 11.2. The van der Waals surface area contributed by atoms with E-state index >= 15 is 0 Å². The number of aliphatic hydroxyl groups excluding tert-OH is 3. The van der Waals surface area contributed by atoms with Gasteiger partial charge in [0.05, 0.1) is 18.6 Å². The number of hydrogen-bond acceptors (Lipinski definition) is 13. The summed E-state index contributed by atoms with van der Waals surface area (Å²) < 4.78 is 27.4. The molecule has 0 aromatic heterocycles. The molecule has 45 heavy (non-hydrogen) atoms. The molecule has 3 amide bonds. The standard InChI is InChI=1S/C29H38N2O14/c1-29(2,3)28(40)43-15-16-4-5-17(44-27-24(37)22(35)23(36)25(45-27)26(38)39)14-18(16)42-13-12-41-11-9-30-19(32)8-10-31-20(33)6-7-21(31)34/h4-7,14,22-25,27,35-37H,8-13,15H2,1-3H3,(H,30,32)(H,38,39)/t22-,23-,24-,25-,27+/m0/s1. The molecule has 5 atom stereocenters. The lowest BCUT2D eigenvalue weighted by Gasteiger charge is -2.38. The number of carbonyl (C=O) groups is 5. The second-order valence-electron chi connectivity index (χ2n) is 11.2. The van der Waals surface area contributed by atoms with Gasteiger partial charge in [0.1, 0.15) is 43.0 Å². The Labute approximate surface area is 258 Å². The number of nitrogens with one attached hydrogen (secondary N) is 1. The molecule has 2 heterocycles. The number of benzene rings is 1. The second kappa shape index (κ2) is 15.8. The van der Waals surface area contributed by atoms with Crippen molar-refractivity contribution in [1.82, 2.24) is 10.2 Å². The molecule has 0 unspecified atom stereocenters. The van der Waals surface area contributed by atoms with E-state index in [9.17, 15) is 44.4 Å². The molecule has 2 aliphatic heterocycles. The summed E-state index contributed by atoms with van der Waals surface area (Å²) >= 11 is 0. The van der Waals surface area contributed by atoms with Gasteiger partial charge < -0.3 is 49.4 Å². The van der Waals surface area contributed by atoms with E-state index < -0.39 is 59.9 Å². The van der Waals surface area contributed by atoms with Gasteiger partial charge in [0.25, 0.3) is 11.8 Å². The molecule has 0 aliphatic carbocycles. The first kappa shape index (κ1) is 35.4. The molecule has 0 radical (unpaired) electrons. The van der Waals surface area contributed by atoms with Crippen LogP contribution in [0.25, 0.3) is 0 Å². The maximum absolute atomic E-state index is 12.3. The smallest absolute Gasteiger partial charge is 0.335 e. The largest absolute Gasteiger partial charge is 0.491 e. The van der Waals surface area contributed by atoms with Crippen LogP contribution < -0.4 is 14.8 Å². The van der Waals surface area contributed by atoms with Crippen LogP contribution in [0.3, 0.4) is 0 Å². The number of carboxylic acids is 1. The highest BCUT2D eigenvalue weighted by Gasteiger charge is 2.48. The van der Waals surface area contributed by atoms with Gasteiger partial charge in [-0.3, -0.25) is 24.1 Å². The van der Waals surface area contributed by atoms with Crippen LogP contribution in [0.1, 0.15) is 32.8 Å². The molecule has 5 N–H and O–H groups in total. The zero-order valence-electron chi connectivity index (χ0n) is 25.0. The van der Waals surface area contributed by atoms with E-state index in [1.54, 1.807) is 20.8 Å². The number of aliphatic hydroxyl groups is 3. The van der Waals surface area contributed by atoms with Gasteiger partial charge in [-0.1, -0.05) is 0 Å². The highest BCUT2D eigenvalue weighted by atomic mass is 16.7. The van der Waals surface area contributed by atoms with Gasteiger partial charge in [0, 0.05) is 43.3 Å². The van der Waals surface area contributed by atoms with Crippen molar-refractivity contribution in [2.45, 2.75) is 64.5 Å². The fraction of sp³-hybridized carbons (Fsp3) is 0.552. The van der Waals surface area contributed by atoms with Crippen LogP contribution in [-0.4, -0.2) is 119 Å². The minimum atomic E-state index is -1.88. The van der Waals surface area contributed by atoms with Crippen LogP contribution in [0.2, 0.25) is 0 Å². The molecule has 0 spiro atoms. The Bertz CT molecular complexity index is 1260. The zero-order chi connectivity index (χ0) is 33.3. The number of carbonyl (C=O) groups excluding carboxylic acids is 4. The van der Waals surface area contributed by atoms with Gasteiger partial charge >= 0.3 is 11.9 Å². The normalized spacial score (nSPS) is 23.2. The first-order valence-electron chi connectivity index (χ1n) is 14.1. The topological polar surface area (TPSA) is 228 Å². The predicted molar refractivity (Wildman–Crippen MR) is 150 cm³/mol. The average molecular weight is 639 g/mol. The fourth-order valence-corrected chi connectivity index (χ4v) is 4.03. The van der Waals surface area contributed by atoms with Crippen LogP contribution in [0, 0.1) is 5.41 Å². The predicted octanol–water partition coefficient (Wildman–Crippen LogP) is -1.13. The summed E-state index contributed by atoms with van der Waals surface area (Å²) in [6, 6.07) is 4.34. The van der Waals surface area contributed by atoms with E-state index in [0.29, 0.717) is 5.56 Å². The van der Waals surface area contributed by atoms with Crippen molar-refractivity contribution in [2.24, 2.45) is 5.41 Å². The highest BCUT2D eigenvalue weighted by molar-refractivity contribution is 6.13. The molecule has 1 saturated heterocycles. The van der Waals surface area contributed by atoms with E-state index in [4.69, 9.17) is 23.7 Å². The third-order valence-electron chi connectivity index (χ3n) is 6.59. The molecule has 3 rings (SSSR count). The minimum absolute atomic E-state index is 0.0123. The summed E-state index contributed by atoms with van der Waals surface area (Å²) in [6.45, 7) is 5.29. The Kier molecular flexibility index (Phi) is 12.4. The lowest BCUT2D eigenvalue weighted by molar-refractivity contribution is -0.271. The minimum Gasteiger partial charge on any atom is -0.491 e. The number of amides is 3. The molecule has 1 fully saturated rings. The lowest BCUT2D eigenvalue weighted by atomic mass is 9.97. The zero-order valence-corrected chi connectivity index (χ0v) is 25.0. The Morgan fingerprint density at radius 3 is 2.31 bits per heavy atom. The van der Waals surface area contributed by atoms with Crippen molar-refractivity contribution < 1.29 is 68.1 Å². The maximum Gasteiger partial charge on any atom is 0.335 e. The van der Waals surface area contributed by atoms with Crippen molar-refractivity contribution in [3.05, 3.63) is 35.9 Å². The van der Waals surface area contributed by atoms with E-state index in [1.807, 2.05) is 0 Å². The van der Waals surface area contributed by atoms with Gasteiger partial charge in [0.15, 0.2) is 6.10 Å². The lowest BCUT2D eigenvalue weighted by Crippen LogP contribution is -2.61. The molecule has 16 heteroatoms. The van der Waals surface area contributed by atoms with E-state index in [-0.39, 0.29) is 63.3 Å². The molecule has 16 nitrogen and oxygen atoms in total. The third-order valence-corrected chi connectivity index (χ3v) is 6.59. The van der Waals surface area contributed by atoms with E-state index in [1.165, 1.54) is 18.2 Å². The van der Waals surface area contributed by atoms with Gasteiger partial charge in [-0.15, -0.1) is 0 Å². The maximum atomic E-state index is 12.3. The van der Waals surface area contributed by atoms with Crippen LogP contribution in [0.15, 0.2) is 30.4 Å². The molecular formula is C29H38N2O14. The highest BCUT2D eigenvalue weighted by Crippen LogP contribution is 2.30. The Balaban J connectivity index is 1.53. The number of hydrogen-bond donors (Lipinski definition) is 5. The van der Waals surface area contributed by atoms with Gasteiger partial charge in [-0.05, 0) is 32.9 Å². The molecule has 0 saturated carbocycles. The number of esters is 1. The number of ether oxygens (including phenoxy) is 5. The molecule has 2 aliphatic rings. The molecular weight excluding hydrogens is 600 g/mol. The SMILES string of the molecule is CC(C)(C)C(=O)OCc1ccc(O[C@@H]2O[C@H](C(=O)O)[C@@H](O)[C@H](O)[C@@H]2O)cc1OCCOCCNC(=O)CCN1C(=O)C=CC1=O. The summed E-state index contributed by atoms with van der Waals surface area (Å²) in [5.41, 5.74) is -0.310.